The number of hydrogen-bond acceptors (Lipinski definition) is 3. The molecule has 0 aliphatic heterocycles. The highest BCUT2D eigenvalue weighted by atomic mass is 32.2. The number of aryl methyl sites for hydroxylation is 2. The zero-order valence-electron chi connectivity index (χ0n) is 12.3. The van der Waals surface area contributed by atoms with Crippen molar-refractivity contribution in [2.75, 3.05) is 0 Å². The van der Waals surface area contributed by atoms with Gasteiger partial charge in [0.25, 0.3) is 0 Å². The molecule has 2 rings (SSSR count). The molecule has 1 fully saturated rings. The second-order valence-electron chi connectivity index (χ2n) is 6.06. The molecular formula is C16H21NO2S. The topological polar surface area (TPSA) is 57.9 Å². The lowest BCUT2D eigenvalue weighted by Gasteiger charge is -2.33. The monoisotopic (exact) mass is 291 g/mol. The molecule has 1 aliphatic rings. The normalized spacial score (nSPS) is 27.0. The highest BCUT2D eigenvalue weighted by molar-refractivity contribution is 7.93. The van der Waals surface area contributed by atoms with Crippen LogP contribution in [-0.4, -0.2) is 13.2 Å². The Labute approximate surface area is 121 Å². The predicted octanol–water partition coefficient (Wildman–Crippen LogP) is 3.55. The zero-order chi connectivity index (χ0) is 15.0. The van der Waals surface area contributed by atoms with Crippen LogP contribution >= 0.6 is 0 Å². The van der Waals surface area contributed by atoms with Crippen molar-refractivity contribution in [1.29, 1.82) is 5.26 Å². The van der Waals surface area contributed by atoms with Crippen LogP contribution in [0.1, 0.15) is 43.7 Å². The Morgan fingerprint density at radius 1 is 1.25 bits per heavy atom. The van der Waals surface area contributed by atoms with E-state index in [0.29, 0.717) is 23.7 Å². The molecule has 0 unspecified atom stereocenters. The first-order valence-electron chi connectivity index (χ1n) is 7.05. The van der Waals surface area contributed by atoms with Crippen molar-refractivity contribution in [1.82, 2.24) is 0 Å². The lowest BCUT2D eigenvalue weighted by molar-refractivity contribution is 0.345. The summed E-state index contributed by atoms with van der Waals surface area (Å²) in [5.74, 6) is 0.505. The Kier molecular flexibility index (Phi) is 3.93. The van der Waals surface area contributed by atoms with Gasteiger partial charge in [-0.25, -0.2) is 8.42 Å². The minimum Gasteiger partial charge on any atom is -0.222 e. The van der Waals surface area contributed by atoms with Crippen LogP contribution in [0.3, 0.4) is 0 Å². The Balaban J connectivity index is 2.53. The van der Waals surface area contributed by atoms with Crippen LogP contribution in [0.15, 0.2) is 23.1 Å². The zero-order valence-corrected chi connectivity index (χ0v) is 13.1. The van der Waals surface area contributed by atoms with E-state index in [1.807, 2.05) is 19.1 Å². The number of rotatable bonds is 2. The third-order valence-electron chi connectivity index (χ3n) is 4.43. The number of nitrogens with zero attached hydrogens (tertiary/aromatic N) is 1. The molecule has 0 saturated heterocycles. The molecule has 0 radical (unpaired) electrons. The standard InChI is InChI=1S/C16H21NO2S/c1-12-6-8-16(11-17,9-7-12)20(18,19)15-10-13(2)4-5-14(15)3/h4-5,10,12H,6-9H2,1-3H3. The number of benzene rings is 1. The molecule has 0 amide bonds. The van der Waals surface area contributed by atoms with E-state index < -0.39 is 14.6 Å². The van der Waals surface area contributed by atoms with E-state index in [9.17, 15) is 13.7 Å². The summed E-state index contributed by atoms with van der Waals surface area (Å²) in [6, 6.07) is 7.55. The van der Waals surface area contributed by atoms with E-state index in [2.05, 4.69) is 13.0 Å². The fourth-order valence-corrected chi connectivity index (χ4v) is 5.02. The van der Waals surface area contributed by atoms with Gasteiger partial charge in [0.15, 0.2) is 14.6 Å². The Morgan fingerprint density at radius 2 is 1.85 bits per heavy atom. The van der Waals surface area contributed by atoms with Gasteiger partial charge in [-0.3, -0.25) is 0 Å². The molecule has 3 nitrogen and oxygen atoms in total. The smallest absolute Gasteiger partial charge is 0.197 e. The van der Waals surface area contributed by atoms with E-state index in [-0.39, 0.29) is 0 Å². The summed E-state index contributed by atoms with van der Waals surface area (Å²) in [6.45, 7) is 5.79. The lowest BCUT2D eigenvalue weighted by atomic mass is 9.83. The Morgan fingerprint density at radius 3 is 2.40 bits per heavy atom. The predicted molar refractivity (Wildman–Crippen MR) is 79.1 cm³/mol. The van der Waals surface area contributed by atoms with Crippen LogP contribution in [0.25, 0.3) is 0 Å². The molecule has 1 aromatic rings. The van der Waals surface area contributed by atoms with Gasteiger partial charge in [0, 0.05) is 0 Å². The van der Waals surface area contributed by atoms with Crippen molar-refractivity contribution in [3.8, 4) is 6.07 Å². The maximum Gasteiger partial charge on any atom is 0.197 e. The highest BCUT2D eigenvalue weighted by Crippen LogP contribution is 2.41. The van der Waals surface area contributed by atoms with Crippen LogP contribution in [0.5, 0.6) is 0 Å². The minimum absolute atomic E-state index is 0.327. The molecule has 0 bridgehead atoms. The molecule has 0 spiro atoms. The first kappa shape index (κ1) is 15.1. The van der Waals surface area contributed by atoms with Crippen LogP contribution in [0.4, 0.5) is 0 Å². The molecule has 1 saturated carbocycles. The molecule has 0 atom stereocenters. The largest absolute Gasteiger partial charge is 0.222 e. The van der Waals surface area contributed by atoms with E-state index in [1.165, 1.54) is 0 Å². The van der Waals surface area contributed by atoms with Gasteiger partial charge in [-0.05, 0) is 62.6 Å². The van der Waals surface area contributed by atoms with Gasteiger partial charge in [-0.2, -0.15) is 5.26 Å². The van der Waals surface area contributed by atoms with Gasteiger partial charge in [-0.15, -0.1) is 0 Å². The van der Waals surface area contributed by atoms with E-state index in [1.54, 1.807) is 13.0 Å². The molecular weight excluding hydrogens is 270 g/mol. The molecule has 0 N–H and O–H groups in total. The SMILES string of the molecule is Cc1ccc(C)c(S(=O)(=O)C2(C#N)CCC(C)CC2)c1. The van der Waals surface area contributed by atoms with Crippen LogP contribution < -0.4 is 0 Å². The fraction of sp³-hybridized carbons (Fsp3) is 0.562. The van der Waals surface area contributed by atoms with Crippen molar-refractivity contribution in [2.45, 2.75) is 56.1 Å². The second-order valence-corrected chi connectivity index (χ2v) is 8.29. The fourth-order valence-electron chi connectivity index (χ4n) is 2.88. The lowest BCUT2D eigenvalue weighted by Crippen LogP contribution is -2.41. The number of hydrogen-bond donors (Lipinski definition) is 0. The summed E-state index contributed by atoms with van der Waals surface area (Å²) < 4.78 is 24.8. The van der Waals surface area contributed by atoms with Crippen molar-refractivity contribution in [3.05, 3.63) is 29.3 Å². The summed E-state index contributed by atoms with van der Waals surface area (Å²) in [6.07, 6.45) is 2.50. The summed E-state index contributed by atoms with van der Waals surface area (Å²) in [5.41, 5.74) is 1.63. The third kappa shape index (κ3) is 2.35. The van der Waals surface area contributed by atoms with Gasteiger partial charge in [0.05, 0.1) is 11.0 Å². The Hall–Kier alpha value is -1.34. The van der Waals surface area contributed by atoms with Gasteiger partial charge in [0.2, 0.25) is 0 Å². The number of sulfone groups is 1. The molecule has 4 heteroatoms. The molecule has 1 aromatic carbocycles. The molecule has 108 valence electrons. The van der Waals surface area contributed by atoms with Crippen LogP contribution in [0.2, 0.25) is 0 Å². The summed E-state index contributed by atoms with van der Waals surface area (Å²) >= 11 is 0. The first-order chi connectivity index (χ1) is 9.32. The molecule has 0 heterocycles. The van der Waals surface area contributed by atoms with Crippen molar-refractivity contribution < 1.29 is 8.42 Å². The van der Waals surface area contributed by atoms with Gasteiger partial charge in [0.1, 0.15) is 0 Å². The van der Waals surface area contributed by atoms with E-state index >= 15 is 0 Å². The highest BCUT2D eigenvalue weighted by Gasteiger charge is 2.47. The average Bonchev–Trinajstić information content (AvgIpc) is 2.42. The summed E-state index contributed by atoms with van der Waals surface area (Å²) in [7, 11) is -3.61. The quantitative estimate of drug-likeness (QED) is 0.837. The number of nitriles is 1. The van der Waals surface area contributed by atoms with Gasteiger partial charge >= 0.3 is 0 Å². The van der Waals surface area contributed by atoms with Crippen molar-refractivity contribution >= 4 is 9.84 Å². The van der Waals surface area contributed by atoms with Crippen LogP contribution in [0, 0.1) is 31.1 Å². The Bertz CT molecular complexity index is 648. The van der Waals surface area contributed by atoms with Crippen molar-refractivity contribution in [2.24, 2.45) is 5.92 Å². The molecule has 1 aliphatic carbocycles. The first-order valence-corrected chi connectivity index (χ1v) is 8.54. The van der Waals surface area contributed by atoms with Gasteiger partial charge in [-0.1, -0.05) is 19.1 Å². The van der Waals surface area contributed by atoms with Crippen LogP contribution in [-0.2, 0) is 9.84 Å². The molecule has 0 aromatic heterocycles. The molecule has 20 heavy (non-hydrogen) atoms. The summed E-state index contributed by atoms with van der Waals surface area (Å²) in [5, 5.41) is 9.56. The second kappa shape index (κ2) is 5.21. The maximum atomic E-state index is 13.0. The third-order valence-corrected chi connectivity index (χ3v) is 6.98. The average molecular weight is 291 g/mol. The summed E-state index contributed by atoms with van der Waals surface area (Å²) in [4.78, 5) is 0.327. The minimum atomic E-state index is -3.61. The van der Waals surface area contributed by atoms with Crippen molar-refractivity contribution in [3.63, 3.8) is 0 Å². The van der Waals surface area contributed by atoms with E-state index in [4.69, 9.17) is 0 Å². The van der Waals surface area contributed by atoms with Gasteiger partial charge < -0.3 is 0 Å². The maximum absolute atomic E-state index is 13.0. The van der Waals surface area contributed by atoms with E-state index in [0.717, 1.165) is 24.0 Å².